The van der Waals surface area contributed by atoms with Crippen molar-refractivity contribution in [2.24, 2.45) is 5.92 Å². The van der Waals surface area contributed by atoms with Gasteiger partial charge in [0, 0.05) is 32.7 Å². The molecule has 2 atom stereocenters. The van der Waals surface area contributed by atoms with Crippen molar-refractivity contribution in [3.8, 4) is 0 Å². The van der Waals surface area contributed by atoms with Crippen LogP contribution in [0.4, 0.5) is 5.69 Å². The van der Waals surface area contributed by atoms with Gasteiger partial charge in [-0.3, -0.25) is 14.9 Å². The lowest BCUT2D eigenvalue weighted by Gasteiger charge is -2.33. The number of likely N-dealkylation sites (tertiary alicyclic amines) is 1. The number of aliphatic hydroxyl groups excluding tert-OH is 1. The molecule has 30 heavy (non-hydrogen) atoms. The van der Waals surface area contributed by atoms with Gasteiger partial charge < -0.3 is 10.0 Å². The van der Waals surface area contributed by atoms with Crippen LogP contribution in [0.25, 0.3) is 0 Å². The fourth-order valence-corrected chi connectivity index (χ4v) is 5.17. The number of hydrogen-bond acceptors (Lipinski definition) is 6. The van der Waals surface area contributed by atoms with E-state index < -0.39 is 31.6 Å². The lowest BCUT2D eigenvalue weighted by Crippen LogP contribution is -2.43. The molecule has 1 fully saturated rings. The van der Waals surface area contributed by atoms with E-state index in [1.807, 2.05) is 0 Å². The molecule has 1 N–H and O–H groups in total. The quantitative estimate of drug-likeness (QED) is 0.440. The summed E-state index contributed by atoms with van der Waals surface area (Å²) >= 11 is 0. The molecule has 1 heterocycles. The first-order valence-electron chi connectivity index (χ1n) is 10.3. The maximum atomic E-state index is 12.7. The Bertz CT molecular complexity index is 845. The average Bonchev–Trinajstić information content (AvgIpc) is 2.72. The number of carbonyl (C=O) groups excluding carboxylic acids is 1. The molecule has 1 amide bonds. The number of rotatable bonds is 10. The number of nitro benzene ring substituents is 1. The van der Waals surface area contributed by atoms with Gasteiger partial charge in [0.05, 0.1) is 17.4 Å². The molecule has 1 saturated heterocycles. The minimum Gasteiger partial charge on any atom is -0.391 e. The minimum absolute atomic E-state index is 0.183. The predicted molar refractivity (Wildman–Crippen MR) is 112 cm³/mol. The van der Waals surface area contributed by atoms with Gasteiger partial charge in [0.2, 0.25) is 15.9 Å². The Morgan fingerprint density at radius 1 is 1.40 bits per heavy atom. The largest absolute Gasteiger partial charge is 0.391 e. The number of aliphatic hydroxyl groups is 1. The number of piperidine rings is 1. The summed E-state index contributed by atoms with van der Waals surface area (Å²) in [7, 11) is -2.95. The van der Waals surface area contributed by atoms with Crippen molar-refractivity contribution >= 4 is 21.6 Å². The molecule has 2 rings (SSSR count). The number of unbranched alkanes of at least 4 members (excludes halogenated alkanes) is 1. The maximum absolute atomic E-state index is 12.7. The van der Waals surface area contributed by atoms with Crippen LogP contribution >= 0.6 is 0 Å². The van der Waals surface area contributed by atoms with E-state index in [0.717, 1.165) is 48.5 Å². The fourth-order valence-electron chi connectivity index (χ4n) is 3.80. The van der Waals surface area contributed by atoms with Gasteiger partial charge in [-0.1, -0.05) is 31.9 Å². The standard InChI is InChI=1S/C20H31N3O6S/c1-3-4-8-16-9-7-12-22(14-16)20(25)13-17(24)15-21(2)30(28,29)19-11-6-5-10-18(19)23(26)27/h5-6,10-11,16-17,24H,3-4,7-9,12-15H2,1-2H3/t16?,17-/m1/s1. The third kappa shape index (κ3) is 6.23. The van der Waals surface area contributed by atoms with Gasteiger partial charge in [-0.05, 0) is 31.2 Å². The molecule has 168 valence electrons. The maximum Gasteiger partial charge on any atom is 0.289 e. The van der Waals surface area contributed by atoms with Crippen molar-refractivity contribution in [2.45, 2.75) is 56.4 Å². The van der Waals surface area contributed by atoms with Crippen molar-refractivity contribution in [2.75, 3.05) is 26.7 Å². The number of likely N-dealkylation sites (N-methyl/N-ethyl adjacent to an activating group) is 1. The number of nitrogens with zero attached hydrogens (tertiary/aromatic N) is 3. The lowest BCUT2D eigenvalue weighted by atomic mass is 9.92. The number of sulfonamides is 1. The number of carbonyl (C=O) groups is 1. The van der Waals surface area contributed by atoms with Crippen LogP contribution in [-0.2, 0) is 14.8 Å². The second kappa shape index (κ2) is 10.8. The van der Waals surface area contributed by atoms with Crippen LogP contribution in [0, 0.1) is 16.0 Å². The van der Waals surface area contributed by atoms with E-state index in [1.165, 1.54) is 19.2 Å². The highest BCUT2D eigenvalue weighted by molar-refractivity contribution is 7.89. The van der Waals surface area contributed by atoms with Crippen LogP contribution in [0.1, 0.15) is 45.4 Å². The van der Waals surface area contributed by atoms with Gasteiger partial charge in [0.1, 0.15) is 0 Å². The zero-order valence-electron chi connectivity index (χ0n) is 17.6. The molecule has 9 nitrogen and oxygen atoms in total. The first-order valence-corrected chi connectivity index (χ1v) is 11.8. The van der Waals surface area contributed by atoms with Crippen molar-refractivity contribution in [3.05, 3.63) is 34.4 Å². The van der Waals surface area contributed by atoms with Crippen molar-refractivity contribution < 1.29 is 23.2 Å². The molecule has 0 bridgehead atoms. The summed E-state index contributed by atoms with van der Waals surface area (Å²) in [6, 6.07) is 5.06. The van der Waals surface area contributed by atoms with Gasteiger partial charge in [-0.15, -0.1) is 0 Å². The molecule has 0 aromatic heterocycles. The molecule has 0 spiro atoms. The van der Waals surface area contributed by atoms with E-state index in [-0.39, 0.29) is 18.9 Å². The molecular formula is C20H31N3O6S. The summed E-state index contributed by atoms with van der Waals surface area (Å²) in [5, 5.41) is 21.5. The second-order valence-corrected chi connectivity index (χ2v) is 9.87. The number of amides is 1. The SMILES string of the molecule is CCCCC1CCCN(C(=O)C[C@@H](O)CN(C)S(=O)(=O)c2ccccc2[N+](=O)[O-])C1. The van der Waals surface area contributed by atoms with E-state index in [2.05, 4.69) is 6.92 Å². The Morgan fingerprint density at radius 2 is 2.10 bits per heavy atom. The zero-order chi connectivity index (χ0) is 22.3. The Balaban J connectivity index is 1.97. The lowest BCUT2D eigenvalue weighted by molar-refractivity contribution is -0.387. The predicted octanol–water partition coefficient (Wildman–Crippen LogP) is 2.40. The number of para-hydroxylation sites is 1. The van der Waals surface area contributed by atoms with Gasteiger partial charge in [0.25, 0.3) is 5.69 Å². The molecule has 0 radical (unpaired) electrons. The Kier molecular flexibility index (Phi) is 8.75. The fraction of sp³-hybridized carbons (Fsp3) is 0.650. The Morgan fingerprint density at radius 3 is 2.77 bits per heavy atom. The molecular weight excluding hydrogens is 410 g/mol. The monoisotopic (exact) mass is 441 g/mol. The highest BCUT2D eigenvalue weighted by Gasteiger charge is 2.31. The molecule has 1 aromatic carbocycles. The van der Waals surface area contributed by atoms with Crippen LogP contribution < -0.4 is 0 Å². The van der Waals surface area contributed by atoms with Crippen LogP contribution in [0.15, 0.2) is 29.2 Å². The first kappa shape index (κ1) is 24.2. The van der Waals surface area contributed by atoms with E-state index in [4.69, 9.17) is 0 Å². The third-order valence-corrected chi connectivity index (χ3v) is 7.34. The van der Waals surface area contributed by atoms with Gasteiger partial charge in [-0.25, -0.2) is 8.42 Å². The summed E-state index contributed by atoms with van der Waals surface area (Å²) in [6.45, 7) is 3.14. The van der Waals surface area contributed by atoms with E-state index in [0.29, 0.717) is 19.0 Å². The summed E-state index contributed by atoms with van der Waals surface area (Å²) < 4.78 is 26.3. The minimum atomic E-state index is -4.18. The number of benzene rings is 1. The normalized spacial score (nSPS) is 18.4. The van der Waals surface area contributed by atoms with Crippen molar-refractivity contribution in [3.63, 3.8) is 0 Å². The summed E-state index contributed by atoms with van der Waals surface area (Å²) in [6.07, 6.45) is 3.98. The first-order chi connectivity index (χ1) is 14.2. The van der Waals surface area contributed by atoms with Crippen LogP contribution in [-0.4, -0.2) is 66.3 Å². The van der Waals surface area contributed by atoms with Gasteiger partial charge in [0.15, 0.2) is 4.90 Å². The summed E-state index contributed by atoms with van der Waals surface area (Å²) in [4.78, 5) is 24.3. The van der Waals surface area contributed by atoms with Crippen molar-refractivity contribution in [1.82, 2.24) is 9.21 Å². The molecule has 1 aliphatic rings. The zero-order valence-corrected chi connectivity index (χ0v) is 18.4. The highest BCUT2D eigenvalue weighted by Crippen LogP contribution is 2.26. The Labute approximate surface area is 177 Å². The van der Waals surface area contributed by atoms with Crippen LogP contribution in [0.3, 0.4) is 0 Å². The van der Waals surface area contributed by atoms with E-state index in [9.17, 15) is 28.4 Å². The summed E-state index contributed by atoms with van der Waals surface area (Å²) in [5.74, 6) is 0.279. The Hall–Kier alpha value is -2.04. The number of hydrogen-bond donors (Lipinski definition) is 1. The molecule has 0 saturated carbocycles. The molecule has 1 aliphatic heterocycles. The van der Waals surface area contributed by atoms with E-state index >= 15 is 0 Å². The molecule has 10 heteroatoms. The molecule has 1 aromatic rings. The van der Waals surface area contributed by atoms with Gasteiger partial charge in [-0.2, -0.15) is 4.31 Å². The van der Waals surface area contributed by atoms with E-state index in [1.54, 1.807) is 4.90 Å². The molecule has 1 unspecified atom stereocenters. The average molecular weight is 442 g/mol. The second-order valence-electron chi connectivity index (χ2n) is 7.86. The van der Waals surface area contributed by atoms with Gasteiger partial charge >= 0.3 is 0 Å². The smallest absolute Gasteiger partial charge is 0.289 e. The van der Waals surface area contributed by atoms with Crippen LogP contribution in [0.5, 0.6) is 0 Å². The molecule has 0 aliphatic carbocycles. The third-order valence-electron chi connectivity index (χ3n) is 5.47. The summed E-state index contributed by atoms with van der Waals surface area (Å²) in [5.41, 5.74) is -0.527. The van der Waals surface area contributed by atoms with Crippen molar-refractivity contribution in [1.29, 1.82) is 0 Å². The topological polar surface area (TPSA) is 121 Å². The number of nitro groups is 1. The van der Waals surface area contributed by atoms with Crippen LogP contribution in [0.2, 0.25) is 0 Å². The highest BCUT2D eigenvalue weighted by atomic mass is 32.2.